The number of ether oxygens (including phenoxy) is 2. The van der Waals surface area contributed by atoms with Crippen molar-refractivity contribution in [3.63, 3.8) is 0 Å². The third kappa shape index (κ3) is 5.92. The molecule has 0 bridgehead atoms. The summed E-state index contributed by atoms with van der Waals surface area (Å²) in [7, 11) is 0. The average Bonchev–Trinajstić information content (AvgIpc) is 2.87. The summed E-state index contributed by atoms with van der Waals surface area (Å²) < 4.78 is 10.4. The van der Waals surface area contributed by atoms with E-state index >= 15 is 0 Å². The molecular weight excluding hydrogens is 428 g/mol. The molecule has 0 aliphatic carbocycles. The number of anilines is 4. The van der Waals surface area contributed by atoms with Gasteiger partial charge in [-0.2, -0.15) is 0 Å². The molecule has 3 aromatic carbocycles. The van der Waals surface area contributed by atoms with E-state index in [0.717, 1.165) is 48.0 Å². The van der Waals surface area contributed by atoms with E-state index in [9.17, 15) is 9.59 Å². The van der Waals surface area contributed by atoms with Gasteiger partial charge < -0.3 is 19.3 Å². The quantitative estimate of drug-likeness (QED) is 0.206. The maximum atomic E-state index is 11.5. The SMILES string of the molecule is C=CC(=O)Oc1ccc(N(c2ccc(OC(=O)C=C)cc2)c2ccc(N(CC)CC)cc2)cc1. The summed E-state index contributed by atoms with van der Waals surface area (Å²) in [5.41, 5.74) is 3.82. The van der Waals surface area contributed by atoms with Gasteiger partial charge in [0.25, 0.3) is 0 Å². The molecule has 0 atom stereocenters. The molecule has 0 unspecified atom stereocenters. The van der Waals surface area contributed by atoms with Crippen molar-refractivity contribution in [3.8, 4) is 11.5 Å². The summed E-state index contributed by atoms with van der Waals surface area (Å²) in [5.74, 6) is -0.170. The van der Waals surface area contributed by atoms with Crippen molar-refractivity contribution in [2.24, 2.45) is 0 Å². The molecule has 0 saturated carbocycles. The second-order valence-electron chi connectivity index (χ2n) is 7.26. The average molecular weight is 457 g/mol. The van der Waals surface area contributed by atoms with Crippen molar-refractivity contribution >= 4 is 34.7 Å². The van der Waals surface area contributed by atoms with Gasteiger partial charge in [0.2, 0.25) is 0 Å². The predicted molar refractivity (Wildman–Crippen MR) is 136 cm³/mol. The molecule has 0 aliphatic heterocycles. The molecule has 6 nitrogen and oxygen atoms in total. The summed E-state index contributed by atoms with van der Waals surface area (Å²) in [4.78, 5) is 27.4. The Bertz CT molecular complexity index is 1070. The van der Waals surface area contributed by atoms with Crippen LogP contribution in [0.1, 0.15) is 13.8 Å². The van der Waals surface area contributed by atoms with Crippen LogP contribution in [-0.4, -0.2) is 25.0 Å². The Kier molecular flexibility index (Phi) is 8.24. The van der Waals surface area contributed by atoms with Crippen LogP contribution in [0.25, 0.3) is 0 Å². The molecule has 3 aromatic rings. The zero-order chi connectivity index (χ0) is 24.5. The van der Waals surface area contributed by atoms with Crippen LogP contribution in [0.5, 0.6) is 11.5 Å². The van der Waals surface area contributed by atoms with Gasteiger partial charge in [0.1, 0.15) is 11.5 Å². The summed E-state index contributed by atoms with van der Waals surface area (Å²) >= 11 is 0. The van der Waals surface area contributed by atoms with Gasteiger partial charge in [-0.05, 0) is 86.6 Å². The van der Waals surface area contributed by atoms with Crippen molar-refractivity contribution in [1.29, 1.82) is 0 Å². The number of esters is 2. The highest BCUT2D eigenvalue weighted by Crippen LogP contribution is 2.37. The van der Waals surface area contributed by atoms with Crippen LogP contribution in [0.2, 0.25) is 0 Å². The lowest BCUT2D eigenvalue weighted by Gasteiger charge is -2.27. The van der Waals surface area contributed by atoms with E-state index in [2.05, 4.69) is 61.1 Å². The molecule has 0 heterocycles. The molecule has 0 saturated heterocycles. The van der Waals surface area contributed by atoms with E-state index < -0.39 is 11.9 Å². The van der Waals surface area contributed by atoms with Crippen molar-refractivity contribution in [1.82, 2.24) is 0 Å². The largest absolute Gasteiger partial charge is 0.423 e. The van der Waals surface area contributed by atoms with Crippen LogP contribution < -0.4 is 19.3 Å². The van der Waals surface area contributed by atoms with Crippen LogP contribution in [0, 0.1) is 0 Å². The van der Waals surface area contributed by atoms with E-state index in [4.69, 9.17) is 9.47 Å². The van der Waals surface area contributed by atoms with Crippen molar-refractivity contribution in [2.75, 3.05) is 22.9 Å². The van der Waals surface area contributed by atoms with Crippen molar-refractivity contribution in [2.45, 2.75) is 13.8 Å². The Morgan fingerprint density at radius 3 is 1.29 bits per heavy atom. The molecule has 6 heteroatoms. The minimum atomic E-state index is -0.513. The van der Waals surface area contributed by atoms with Crippen molar-refractivity contribution < 1.29 is 19.1 Å². The van der Waals surface area contributed by atoms with Crippen LogP contribution in [-0.2, 0) is 9.59 Å². The number of rotatable bonds is 10. The van der Waals surface area contributed by atoms with Gasteiger partial charge in [-0.3, -0.25) is 0 Å². The fourth-order valence-corrected chi connectivity index (χ4v) is 3.49. The zero-order valence-electron chi connectivity index (χ0n) is 19.4. The Hall–Kier alpha value is -4.32. The van der Waals surface area contributed by atoms with E-state index in [1.54, 1.807) is 24.3 Å². The van der Waals surface area contributed by atoms with E-state index in [0.29, 0.717) is 11.5 Å². The van der Waals surface area contributed by atoms with E-state index in [-0.39, 0.29) is 0 Å². The van der Waals surface area contributed by atoms with E-state index in [1.165, 1.54) is 0 Å². The first-order valence-electron chi connectivity index (χ1n) is 11.0. The summed E-state index contributed by atoms with van der Waals surface area (Å²) in [6.45, 7) is 13.0. The minimum absolute atomic E-state index is 0.428. The predicted octanol–water partition coefficient (Wildman–Crippen LogP) is 6.19. The molecule has 174 valence electrons. The van der Waals surface area contributed by atoms with Gasteiger partial charge >= 0.3 is 11.9 Å². The lowest BCUT2D eigenvalue weighted by atomic mass is 10.1. The van der Waals surface area contributed by atoms with Crippen LogP contribution in [0.15, 0.2) is 98.1 Å². The van der Waals surface area contributed by atoms with Crippen LogP contribution in [0.3, 0.4) is 0 Å². The van der Waals surface area contributed by atoms with Gasteiger partial charge in [-0.25, -0.2) is 9.59 Å². The Balaban J connectivity index is 1.98. The maximum absolute atomic E-state index is 11.5. The summed E-state index contributed by atoms with van der Waals surface area (Å²) in [6.07, 6.45) is 2.25. The first-order valence-corrected chi connectivity index (χ1v) is 11.0. The molecule has 0 aromatic heterocycles. The molecule has 0 N–H and O–H groups in total. The molecule has 3 rings (SSSR count). The molecule has 0 fully saturated rings. The van der Waals surface area contributed by atoms with Gasteiger partial charge in [-0.15, -0.1) is 0 Å². The molecule has 0 aliphatic rings. The second-order valence-corrected chi connectivity index (χ2v) is 7.26. The molecule has 0 amide bonds. The van der Waals surface area contributed by atoms with Gasteiger partial charge in [-0.1, -0.05) is 13.2 Å². The highest BCUT2D eigenvalue weighted by Gasteiger charge is 2.14. The second kappa shape index (κ2) is 11.5. The highest BCUT2D eigenvalue weighted by atomic mass is 16.5. The summed E-state index contributed by atoms with van der Waals surface area (Å²) in [6, 6.07) is 22.7. The molecule has 0 radical (unpaired) electrons. The van der Waals surface area contributed by atoms with E-state index in [1.807, 2.05) is 24.3 Å². The topological polar surface area (TPSA) is 59.1 Å². The summed E-state index contributed by atoms with van der Waals surface area (Å²) in [5, 5.41) is 0. The third-order valence-electron chi connectivity index (χ3n) is 5.20. The monoisotopic (exact) mass is 456 g/mol. The molecule has 34 heavy (non-hydrogen) atoms. The fourth-order valence-electron chi connectivity index (χ4n) is 3.49. The fraction of sp³-hybridized carbons (Fsp3) is 0.143. The first-order chi connectivity index (χ1) is 16.5. The van der Waals surface area contributed by atoms with Crippen molar-refractivity contribution in [3.05, 3.63) is 98.1 Å². The number of carbonyl (C=O) groups is 2. The molecule has 0 spiro atoms. The number of nitrogens with zero attached hydrogens (tertiary/aromatic N) is 2. The zero-order valence-corrected chi connectivity index (χ0v) is 19.4. The van der Waals surface area contributed by atoms with Crippen LogP contribution >= 0.6 is 0 Å². The number of benzene rings is 3. The maximum Gasteiger partial charge on any atom is 0.335 e. The highest BCUT2D eigenvalue weighted by molar-refractivity contribution is 5.84. The van der Waals surface area contributed by atoms with Gasteiger partial charge in [0.15, 0.2) is 0 Å². The lowest BCUT2D eigenvalue weighted by molar-refractivity contribution is -0.129. The third-order valence-corrected chi connectivity index (χ3v) is 5.20. The van der Waals surface area contributed by atoms with Crippen LogP contribution in [0.4, 0.5) is 22.7 Å². The smallest absolute Gasteiger partial charge is 0.335 e. The number of carbonyl (C=O) groups excluding carboxylic acids is 2. The van der Waals surface area contributed by atoms with Gasteiger partial charge in [0.05, 0.1) is 0 Å². The normalized spacial score (nSPS) is 10.2. The van der Waals surface area contributed by atoms with Gasteiger partial charge in [0, 0.05) is 48.0 Å². The number of hydrogen-bond donors (Lipinski definition) is 0. The standard InChI is InChI=1S/C28H28N2O4/c1-5-27(31)33-25-17-13-23(14-18-25)30(22-11-9-21(10-12-22)29(7-3)8-4)24-15-19-26(20-16-24)34-28(32)6-2/h5-6,9-20H,1-2,7-8H2,3-4H3. The minimum Gasteiger partial charge on any atom is -0.423 e. The first kappa shape index (κ1) is 24.3. The Morgan fingerprint density at radius 2 is 0.971 bits per heavy atom. The lowest BCUT2D eigenvalue weighted by Crippen LogP contribution is -2.21. The molecular formula is C28H28N2O4. The Morgan fingerprint density at radius 1 is 0.647 bits per heavy atom. The Labute approximate surface area is 200 Å². The number of hydrogen-bond acceptors (Lipinski definition) is 6.